The minimum atomic E-state index is -0.251. The Bertz CT molecular complexity index is 654. The van der Waals surface area contributed by atoms with Gasteiger partial charge in [0.25, 0.3) is 5.91 Å². The van der Waals surface area contributed by atoms with Crippen molar-refractivity contribution in [2.45, 2.75) is 32.7 Å². The second-order valence-electron chi connectivity index (χ2n) is 5.62. The Balaban J connectivity index is 1.97. The molecule has 0 saturated carbocycles. The number of hydrogen-bond acceptors (Lipinski definition) is 3. The van der Waals surface area contributed by atoms with Crippen LogP contribution in [0.1, 0.15) is 48.2 Å². The van der Waals surface area contributed by atoms with E-state index in [1.807, 2.05) is 12.1 Å². The fourth-order valence-corrected chi connectivity index (χ4v) is 1.70. The molecule has 0 saturated heterocycles. The van der Waals surface area contributed by atoms with Crippen LogP contribution in [-0.4, -0.2) is 21.1 Å². The smallest absolute Gasteiger partial charge is 0.268 e. The van der Waals surface area contributed by atoms with Gasteiger partial charge >= 0.3 is 0 Å². The number of rotatable bonds is 3. The number of carbonyl (C=O) groups is 1. The molecule has 2 aromatic heterocycles. The van der Waals surface area contributed by atoms with Crippen molar-refractivity contribution < 1.29 is 4.79 Å². The number of aromatic nitrogens is 3. The second kappa shape index (κ2) is 5.21. The lowest BCUT2D eigenvalue weighted by molar-refractivity contribution is 0.0946. The molecule has 0 aliphatic rings. The summed E-state index contributed by atoms with van der Waals surface area (Å²) >= 11 is 0. The first-order valence-electron chi connectivity index (χ1n) is 6.31. The van der Waals surface area contributed by atoms with Crippen LogP contribution in [0.5, 0.6) is 0 Å². The number of nitrogens with one attached hydrogen (secondary N) is 3. The van der Waals surface area contributed by atoms with Crippen molar-refractivity contribution in [3.05, 3.63) is 41.0 Å². The van der Waals surface area contributed by atoms with Crippen molar-refractivity contribution in [2.75, 3.05) is 0 Å². The number of H-pyrrole nitrogens is 2. The van der Waals surface area contributed by atoms with Gasteiger partial charge in [-0.1, -0.05) is 20.8 Å². The SMILES string of the molecule is CC(C)(C)c1cc(CNC(=O)c2cc(C#N)c[nH]2)[nH]n1. The highest BCUT2D eigenvalue weighted by Gasteiger charge is 2.17. The lowest BCUT2D eigenvalue weighted by Gasteiger charge is -2.13. The van der Waals surface area contributed by atoms with Crippen LogP contribution in [0.15, 0.2) is 18.3 Å². The quantitative estimate of drug-likeness (QED) is 0.794. The molecule has 20 heavy (non-hydrogen) atoms. The molecular weight excluding hydrogens is 254 g/mol. The zero-order valence-electron chi connectivity index (χ0n) is 11.7. The van der Waals surface area contributed by atoms with Gasteiger partial charge in [0.1, 0.15) is 11.8 Å². The molecule has 2 rings (SSSR count). The topological polar surface area (TPSA) is 97.4 Å². The maximum Gasteiger partial charge on any atom is 0.268 e. The van der Waals surface area contributed by atoms with Gasteiger partial charge in [-0.15, -0.1) is 0 Å². The van der Waals surface area contributed by atoms with Gasteiger partial charge in [0.15, 0.2) is 0 Å². The molecular formula is C14H17N5O. The lowest BCUT2D eigenvalue weighted by atomic mass is 9.92. The van der Waals surface area contributed by atoms with E-state index < -0.39 is 0 Å². The van der Waals surface area contributed by atoms with Gasteiger partial charge in [0, 0.05) is 11.6 Å². The highest BCUT2D eigenvalue weighted by atomic mass is 16.1. The van der Waals surface area contributed by atoms with E-state index >= 15 is 0 Å². The maximum absolute atomic E-state index is 11.9. The monoisotopic (exact) mass is 271 g/mol. The summed E-state index contributed by atoms with van der Waals surface area (Å²) in [5, 5.41) is 18.6. The summed E-state index contributed by atoms with van der Waals surface area (Å²) in [6.45, 7) is 6.60. The third-order valence-corrected chi connectivity index (χ3v) is 2.90. The van der Waals surface area contributed by atoms with Crippen LogP contribution in [-0.2, 0) is 12.0 Å². The van der Waals surface area contributed by atoms with Gasteiger partial charge in [-0.2, -0.15) is 10.4 Å². The molecule has 0 radical (unpaired) electrons. The average Bonchev–Trinajstić information content (AvgIpc) is 3.04. The Morgan fingerprint density at radius 3 is 2.75 bits per heavy atom. The largest absolute Gasteiger partial charge is 0.356 e. The minimum Gasteiger partial charge on any atom is -0.356 e. The van der Waals surface area contributed by atoms with Crippen LogP contribution in [0.3, 0.4) is 0 Å². The molecule has 0 unspecified atom stereocenters. The molecule has 0 atom stereocenters. The minimum absolute atomic E-state index is 0.0279. The average molecular weight is 271 g/mol. The summed E-state index contributed by atoms with van der Waals surface area (Å²) in [6, 6.07) is 5.43. The fraction of sp³-hybridized carbons (Fsp3) is 0.357. The number of nitriles is 1. The van der Waals surface area contributed by atoms with Crippen molar-refractivity contribution in [3.8, 4) is 6.07 Å². The van der Waals surface area contributed by atoms with Gasteiger partial charge in [0.2, 0.25) is 0 Å². The Morgan fingerprint density at radius 2 is 2.20 bits per heavy atom. The Morgan fingerprint density at radius 1 is 1.45 bits per heavy atom. The molecule has 2 heterocycles. The van der Waals surface area contributed by atoms with Gasteiger partial charge in [-0.3, -0.25) is 9.89 Å². The molecule has 6 nitrogen and oxygen atoms in total. The third-order valence-electron chi connectivity index (χ3n) is 2.90. The number of amides is 1. The van der Waals surface area contributed by atoms with E-state index in [0.29, 0.717) is 17.8 Å². The summed E-state index contributed by atoms with van der Waals surface area (Å²) in [5.74, 6) is -0.251. The maximum atomic E-state index is 11.9. The van der Waals surface area contributed by atoms with E-state index in [1.54, 1.807) is 0 Å². The molecule has 0 spiro atoms. The van der Waals surface area contributed by atoms with Crippen LogP contribution in [0.4, 0.5) is 0 Å². The number of hydrogen-bond donors (Lipinski definition) is 3. The third kappa shape index (κ3) is 3.06. The first-order valence-corrected chi connectivity index (χ1v) is 6.31. The summed E-state index contributed by atoms with van der Waals surface area (Å²) in [4.78, 5) is 14.6. The molecule has 3 N–H and O–H groups in total. The van der Waals surface area contributed by atoms with E-state index in [2.05, 4.69) is 41.3 Å². The van der Waals surface area contributed by atoms with Crippen LogP contribution < -0.4 is 5.32 Å². The van der Waals surface area contributed by atoms with Crippen molar-refractivity contribution >= 4 is 5.91 Å². The Labute approximate surface area is 117 Å². The molecule has 0 bridgehead atoms. The summed E-state index contributed by atoms with van der Waals surface area (Å²) < 4.78 is 0. The molecule has 0 aromatic carbocycles. The standard InChI is InChI=1S/C14H17N5O/c1-14(2,3)12-5-10(18-19-12)8-17-13(20)11-4-9(6-15)7-16-11/h4-5,7,16H,8H2,1-3H3,(H,17,20)(H,18,19). The summed E-state index contributed by atoms with van der Waals surface area (Å²) in [7, 11) is 0. The Hall–Kier alpha value is -2.55. The molecule has 6 heteroatoms. The van der Waals surface area contributed by atoms with Crippen molar-refractivity contribution in [1.29, 1.82) is 5.26 Å². The van der Waals surface area contributed by atoms with Crippen LogP contribution in [0.2, 0.25) is 0 Å². The van der Waals surface area contributed by atoms with Crippen molar-refractivity contribution in [2.24, 2.45) is 0 Å². The van der Waals surface area contributed by atoms with Gasteiger partial charge < -0.3 is 10.3 Å². The van der Waals surface area contributed by atoms with E-state index in [0.717, 1.165) is 11.4 Å². The predicted molar refractivity (Wildman–Crippen MR) is 74.0 cm³/mol. The normalized spacial score (nSPS) is 11.1. The number of carbonyl (C=O) groups excluding carboxylic acids is 1. The molecule has 0 fully saturated rings. The highest BCUT2D eigenvalue weighted by molar-refractivity contribution is 5.92. The first-order chi connectivity index (χ1) is 9.40. The van der Waals surface area contributed by atoms with E-state index in [1.165, 1.54) is 12.3 Å². The summed E-state index contributed by atoms with van der Waals surface area (Å²) in [6.07, 6.45) is 1.50. The Kier molecular flexibility index (Phi) is 3.61. The van der Waals surface area contributed by atoms with Crippen LogP contribution >= 0.6 is 0 Å². The van der Waals surface area contributed by atoms with Crippen LogP contribution in [0.25, 0.3) is 0 Å². The first kappa shape index (κ1) is 13.9. The van der Waals surface area contributed by atoms with Crippen LogP contribution in [0, 0.1) is 11.3 Å². The summed E-state index contributed by atoms with van der Waals surface area (Å²) in [5.41, 5.74) is 2.58. The predicted octanol–water partition coefficient (Wildman–Crippen LogP) is 1.84. The molecule has 0 aliphatic carbocycles. The van der Waals surface area contributed by atoms with Crippen molar-refractivity contribution in [1.82, 2.24) is 20.5 Å². The fourth-order valence-electron chi connectivity index (χ4n) is 1.70. The lowest BCUT2D eigenvalue weighted by Crippen LogP contribution is -2.23. The number of nitrogens with zero attached hydrogens (tertiary/aromatic N) is 2. The van der Waals surface area contributed by atoms with Gasteiger partial charge in [-0.05, 0) is 12.1 Å². The van der Waals surface area contributed by atoms with Crippen molar-refractivity contribution in [3.63, 3.8) is 0 Å². The van der Waals surface area contributed by atoms with E-state index in [9.17, 15) is 4.79 Å². The molecule has 0 aliphatic heterocycles. The molecule has 104 valence electrons. The molecule has 1 amide bonds. The molecule has 2 aromatic rings. The highest BCUT2D eigenvalue weighted by Crippen LogP contribution is 2.20. The van der Waals surface area contributed by atoms with E-state index in [4.69, 9.17) is 5.26 Å². The zero-order chi connectivity index (χ0) is 14.8. The number of aromatic amines is 2. The van der Waals surface area contributed by atoms with Gasteiger partial charge in [0.05, 0.1) is 23.5 Å². The zero-order valence-corrected chi connectivity index (χ0v) is 11.7. The second-order valence-corrected chi connectivity index (χ2v) is 5.62. The van der Waals surface area contributed by atoms with E-state index in [-0.39, 0.29) is 11.3 Å². The van der Waals surface area contributed by atoms with Gasteiger partial charge in [-0.25, -0.2) is 0 Å².